The van der Waals surface area contributed by atoms with E-state index in [1.54, 1.807) is 0 Å². The molecule has 0 N–H and O–H groups in total. The quantitative estimate of drug-likeness (QED) is 0.676. The summed E-state index contributed by atoms with van der Waals surface area (Å²) in [6.45, 7) is 13.7. The second-order valence-electron chi connectivity index (χ2n) is 6.16. The Labute approximate surface area is 135 Å². The summed E-state index contributed by atoms with van der Waals surface area (Å²) in [7, 11) is 2.74. The van der Waals surface area contributed by atoms with Crippen molar-refractivity contribution in [1.29, 1.82) is 0 Å². The van der Waals surface area contributed by atoms with Crippen LogP contribution in [-0.4, -0.2) is 28.6 Å². The average Bonchev–Trinajstić information content (AvgIpc) is 2.81. The lowest BCUT2D eigenvalue weighted by atomic mass is 10.00. The minimum absolute atomic E-state index is 0.0522. The van der Waals surface area contributed by atoms with Gasteiger partial charge in [-0.25, -0.2) is 9.40 Å². The predicted octanol–water partition coefficient (Wildman–Crippen LogP) is 4.72. The highest BCUT2D eigenvalue weighted by Gasteiger charge is 2.40. The Morgan fingerprint density at radius 2 is 2.32 bits per heavy atom. The van der Waals surface area contributed by atoms with E-state index < -0.39 is 0 Å². The zero-order chi connectivity index (χ0) is 16.3. The molecular formula is C18H26FN2P. The Hall–Kier alpha value is -1.18. The maximum atomic E-state index is 14.0. The van der Waals surface area contributed by atoms with E-state index in [1.807, 2.05) is 31.4 Å². The number of hydrogen-bond donors (Lipinski definition) is 0. The van der Waals surface area contributed by atoms with Gasteiger partial charge >= 0.3 is 0 Å². The molecule has 2 rings (SSSR count). The molecule has 0 spiro atoms. The van der Waals surface area contributed by atoms with E-state index >= 15 is 0 Å². The number of hydrogen-bond acceptors (Lipinski definition) is 2. The van der Waals surface area contributed by atoms with Gasteiger partial charge in [0.25, 0.3) is 0 Å². The van der Waals surface area contributed by atoms with Crippen LogP contribution in [0.15, 0.2) is 59.9 Å². The fourth-order valence-electron chi connectivity index (χ4n) is 3.09. The van der Waals surface area contributed by atoms with Crippen LogP contribution in [0.3, 0.4) is 0 Å². The van der Waals surface area contributed by atoms with Gasteiger partial charge < -0.3 is 5.01 Å². The Morgan fingerprint density at radius 3 is 2.95 bits per heavy atom. The molecule has 0 aromatic carbocycles. The molecule has 0 aromatic heterocycles. The van der Waals surface area contributed by atoms with Crippen LogP contribution in [0.25, 0.3) is 0 Å². The second kappa shape index (κ2) is 6.93. The van der Waals surface area contributed by atoms with E-state index in [-0.39, 0.29) is 11.4 Å². The zero-order valence-corrected chi connectivity index (χ0v) is 14.8. The summed E-state index contributed by atoms with van der Waals surface area (Å²) in [5, 5.41) is 5.48. The molecule has 0 aromatic rings. The molecule has 1 heterocycles. The minimum atomic E-state index is -0.0872. The summed E-state index contributed by atoms with van der Waals surface area (Å²) in [5.74, 6) is -0.0522. The van der Waals surface area contributed by atoms with Crippen LogP contribution in [0.5, 0.6) is 0 Å². The number of rotatable bonds is 5. The fraction of sp³-hybridized carbons (Fsp3) is 0.444. The lowest BCUT2D eigenvalue weighted by molar-refractivity contribution is -0.0119. The van der Waals surface area contributed by atoms with Gasteiger partial charge in [-0.2, -0.15) is 0 Å². The van der Waals surface area contributed by atoms with Gasteiger partial charge in [-0.1, -0.05) is 31.4 Å². The van der Waals surface area contributed by atoms with E-state index in [0.717, 1.165) is 35.8 Å². The first-order valence-corrected chi connectivity index (χ1v) is 8.31. The summed E-state index contributed by atoms with van der Waals surface area (Å²) in [6, 6.07) is 0. The highest BCUT2D eigenvalue weighted by atomic mass is 31.0. The number of allylic oxidation sites excluding steroid dienone is 4. The van der Waals surface area contributed by atoms with Gasteiger partial charge in [-0.3, -0.25) is 0 Å². The van der Waals surface area contributed by atoms with Crippen LogP contribution in [0.1, 0.15) is 33.1 Å². The fourth-order valence-corrected chi connectivity index (χ4v) is 3.38. The van der Waals surface area contributed by atoms with Gasteiger partial charge in [0.2, 0.25) is 0 Å². The SMILES string of the molecule is C=CN(CC1=CC=CCC(F)=C1C)N1CCCC1(C)C(=C)P. The third-order valence-corrected chi connectivity index (χ3v) is 5.39. The molecular weight excluding hydrogens is 294 g/mol. The molecule has 0 radical (unpaired) electrons. The summed E-state index contributed by atoms with van der Waals surface area (Å²) < 4.78 is 14.0. The number of hydrazine groups is 1. The first-order chi connectivity index (χ1) is 10.4. The minimum Gasteiger partial charge on any atom is -0.308 e. The molecule has 22 heavy (non-hydrogen) atoms. The van der Waals surface area contributed by atoms with Crippen LogP contribution < -0.4 is 0 Å². The van der Waals surface area contributed by atoms with E-state index in [1.165, 1.54) is 0 Å². The van der Waals surface area contributed by atoms with Crippen molar-refractivity contribution < 1.29 is 4.39 Å². The maximum absolute atomic E-state index is 14.0. The zero-order valence-electron chi connectivity index (χ0n) is 13.6. The molecule has 120 valence electrons. The smallest absolute Gasteiger partial charge is 0.107 e. The average molecular weight is 320 g/mol. The van der Waals surface area contributed by atoms with Crippen LogP contribution >= 0.6 is 9.24 Å². The lowest BCUT2D eigenvalue weighted by Crippen LogP contribution is -2.50. The topological polar surface area (TPSA) is 6.48 Å². The summed E-state index contributed by atoms with van der Waals surface area (Å²) in [5.41, 5.74) is 1.65. The Balaban J connectivity index is 2.24. The van der Waals surface area contributed by atoms with Gasteiger partial charge in [-0.05, 0) is 43.1 Å². The molecule has 0 bridgehead atoms. The molecule has 1 aliphatic heterocycles. The van der Waals surface area contributed by atoms with Crippen molar-refractivity contribution in [2.45, 2.75) is 38.6 Å². The van der Waals surface area contributed by atoms with Crippen molar-refractivity contribution in [2.24, 2.45) is 0 Å². The van der Waals surface area contributed by atoms with Crippen molar-refractivity contribution in [2.75, 3.05) is 13.1 Å². The van der Waals surface area contributed by atoms with Gasteiger partial charge in [0.05, 0.1) is 12.1 Å². The van der Waals surface area contributed by atoms with Gasteiger partial charge in [0.15, 0.2) is 0 Å². The monoisotopic (exact) mass is 320 g/mol. The Kier molecular flexibility index (Phi) is 5.41. The lowest BCUT2D eigenvalue weighted by Gasteiger charge is -2.43. The van der Waals surface area contributed by atoms with E-state index in [2.05, 4.69) is 39.3 Å². The molecule has 2 atom stereocenters. The predicted molar refractivity (Wildman–Crippen MR) is 95.7 cm³/mol. The molecule has 2 nitrogen and oxygen atoms in total. The summed E-state index contributed by atoms with van der Waals surface area (Å²) >= 11 is 0. The van der Waals surface area contributed by atoms with Gasteiger partial charge in [0.1, 0.15) is 5.83 Å². The second-order valence-corrected chi connectivity index (χ2v) is 6.86. The summed E-state index contributed by atoms with van der Waals surface area (Å²) in [6.07, 6.45) is 10.2. The standard InChI is InChI=1S/C18H26FN2P/c1-5-20(21-12-8-11-18(21,4)15(3)22)13-16-9-6-7-10-17(19)14(16)2/h5-7,9H,1,3,8,10-13,22H2,2,4H3. The van der Waals surface area contributed by atoms with E-state index in [4.69, 9.17) is 0 Å². The highest BCUT2D eigenvalue weighted by Crippen LogP contribution is 2.39. The van der Waals surface area contributed by atoms with Crippen molar-refractivity contribution >= 4 is 9.24 Å². The normalized spacial score (nSPS) is 25.9. The van der Waals surface area contributed by atoms with Crippen LogP contribution in [0.2, 0.25) is 0 Å². The largest absolute Gasteiger partial charge is 0.308 e. The van der Waals surface area contributed by atoms with Crippen molar-refractivity contribution in [1.82, 2.24) is 10.0 Å². The van der Waals surface area contributed by atoms with Gasteiger partial charge in [0, 0.05) is 19.2 Å². The molecule has 0 amide bonds. The Bertz CT molecular complexity index is 561. The third kappa shape index (κ3) is 3.26. The number of halogens is 1. The summed E-state index contributed by atoms with van der Waals surface area (Å²) in [4.78, 5) is 0. The first-order valence-electron chi connectivity index (χ1n) is 7.73. The van der Waals surface area contributed by atoms with Crippen LogP contribution in [-0.2, 0) is 0 Å². The third-order valence-electron chi connectivity index (χ3n) is 4.77. The van der Waals surface area contributed by atoms with Crippen molar-refractivity contribution in [3.8, 4) is 0 Å². The molecule has 1 aliphatic carbocycles. The number of nitrogens with zero attached hydrogens (tertiary/aromatic N) is 2. The Morgan fingerprint density at radius 1 is 1.59 bits per heavy atom. The highest BCUT2D eigenvalue weighted by molar-refractivity contribution is 7.22. The maximum Gasteiger partial charge on any atom is 0.107 e. The molecule has 1 fully saturated rings. The van der Waals surface area contributed by atoms with Crippen LogP contribution in [0, 0.1) is 0 Å². The van der Waals surface area contributed by atoms with Crippen molar-refractivity contribution in [3.63, 3.8) is 0 Å². The molecule has 2 unspecified atom stereocenters. The molecule has 4 heteroatoms. The van der Waals surface area contributed by atoms with Crippen LogP contribution in [0.4, 0.5) is 4.39 Å². The van der Waals surface area contributed by atoms with Gasteiger partial charge in [-0.15, -0.1) is 9.24 Å². The molecule has 2 aliphatic rings. The van der Waals surface area contributed by atoms with E-state index in [9.17, 15) is 4.39 Å². The first kappa shape index (κ1) is 17.2. The molecule has 1 saturated heterocycles. The van der Waals surface area contributed by atoms with E-state index in [0.29, 0.717) is 13.0 Å². The van der Waals surface area contributed by atoms with Crippen molar-refractivity contribution in [3.05, 3.63) is 59.9 Å². The molecule has 0 saturated carbocycles.